The van der Waals surface area contributed by atoms with Crippen LogP contribution >= 0.6 is 7.82 Å². The zero-order valence-corrected chi connectivity index (χ0v) is 55.1. The largest absolute Gasteiger partial charge is 0.756 e. The SMILES string of the molecule is CC/C=C\C/C=C\C/C=C\C/C=C\CCCCCCCCCCCCCCCCCCCCCCCCCCC(=O)OC(COC(=O)CCCCCCCC/C=C\C/C=C\C/C=C\CCCCCCC)COP(=O)([O-])OCC[N+](C)(C)C. The number of allylic oxidation sites excluding steroid dienone is 14. The van der Waals surface area contributed by atoms with Gasteiger partial charge < -0.3 is 27.9 Å². The highest BCUT2D eigenvalue weighted by Gasteiger charge is 2.22. The first kappa shape index (κ1) is 79.2. The molecule has 0 rings (SSSR count). The van der Waals surface area contributed by atoms with Crippen molar-refractivity contribution in [1.29, 1.82) is 0 Å². The predicted molar refractivity (Wildman–Crippen MR) is 351 cm³/mol. The predicted octanol–water partition coefficient (Wildman–Crippen LogP) is 21.5. The number of likely N-dealkylation sites (N-methyl/N-ethyl adjacent to an activating group) is 1. The van der Waals surface area contributed by atoms with E-state index in [1.807, 2.05) is 21.1 Å². The van der Waals surface area contributed by atoms with Crippen molar-refractivity contribution in [2.75, 3.05) is 47.5 Å². The normalized spacial score (nSPS) is 13.7. The van der Waals surface area contributed by atoms with Crippen molar-refractivity contribution in [2.24, 2.45) is 0 Å². The molecule has 9 nitrogen and oxygen atoms in total. The summed E-state index contributed by atoms with van der Waals surface area (Å²) in [5, 5.41) is 0. The number of esters is 2. The van der Waals surface area contributed by atoms with Crippen molar-refractivity contribution in [3.63, 3.8) is 0 Å². The van der Waals surface area contributed by atoms with Crippen molar-refractivity contribution in [3.8, 4) is 0 Å². The lowest BCUT2D eigenvalue weighted by Gasteiger charge is -2.28. The highest BCUT2D eigenvalue weighted by atomic mass is 31.2. The van der Waals surface area contributed by atoms with Gasteiger partial charge in [0.1, 0.15) is 19.8 Å². The number of ether oxygens (including phenoxy) is 2. The van der Waals surface area contributed by atoms with E-state index in [0.29, 0.717) is 23.9 Å². The van der Waals surface area contributed by atoms with Gasteiger partial charge in [0.05, 0.1) is 27.7 Å². The van der Waals surface area contributed by atoms with Gasteiger partial charge in [-0.25, -0.2) is 0 Å². The molecule has 0 N–H and O–H groups in total. The second kappa shape index (κ2) is 62.7. The van der Waals surface area contributed by atoms with Crippen LogP contribution in [0.2, 0.25) is 0 Å². The van der Waals surface area contributed by atoms with Crippen LogP contribution in [0.25, 0.3) is 0 Å². The van der Waals surface area contributed by atoms with Crippen LogP contribution in [0.5, 0.6) is 0 Å². The molecule has 0 fully saturated rings. The lowest BCUT2D eigenvalue weighted by Crippen LogP contribution is -2.37. The molecule has 0 bridgehead atoms. The van der Waals surface area contributed by atoms with Crippen LogP contribution in [0.4, 0.5) is 0 Å². The molecule has 10 heteroatoms. The second-order valence-corrected chi connectivity index (χ2v) is 25.6. The molecule has 0 aromatic carbocycles. The molecule has 0 aromatic rings. The van der Waals surface area contributed by atoms with E-state index in [1.165, 1.54) is 186 Å². The van der Waals surface area contributed by atoms with E-state index in [-0.39, 0.29) is 26.1 Å². The number of unbranched alkanes of at least 4 members (excludes halogenated alkanes) is 35. The van der Waals surface area contributed by atoms with Gasteiger partial charge in [-0.15, -0.1) is 0 Å². The summed E-state index contributed by atoms with van der Waals surface area (Å²) in [5.74, 6) is -0.838. The van der Waals surface area contributed by atoms with E-state index in [0.717, 1.165) is 83.5 Å². The van der Waals surface area contributed by atoms with E-state index in [1.54, 1.807) is 0 Å². The van der Waals surface area contributed by atoms with Gasteiger partial charge in [0, 0.05) is 12.8 Å². The molecule has 82 heavy (non-hydrogen) atoms. The van der Waals surface area contributed by atoms with Crippen LogP contribution in [0.3, 0.4) is 0 Å². The number of rotatable bonds is 63. The lowest BCUT2D eigenvalue weighted by molar-refractivity contribution is -0.870. The standard InChI is InChI=1S/C72H130NO8P/c1-6-8-10-12-14-16-18-20-22-24-26-28-29-30-31-32-33-34-35-36-37-38-39-40-41-42-43-45-47-49-51-53-55-57-59-61-63-65-72(75)81-70(69-80-82(76,77)79-67-66-73(3,4)5)68-78-71(74)64-62-60-58-56-54-52-50-48-46-44-27-25-23-21-19-17-15-13-11-9-7-2/h8,10,14,16,19-22,25-28,46,48,70H,6-7,9,11-13,15,17-18,23-24,29-45,47,49-69H2,1-5H3/b10-8-,16-14-,21-19-,22-20-,27-25-,28-26-,48-46-. The molecule has 0 aliphatic rings. The Kier molecular flexibility index (Phi) is 60.6. The second-order valence-electron chi connectivity index (χ2n) is 24.2. The van der Waals surface area contributed by atoms with Crippen LogP contribution < -0.4 is 4.89 Å². The van der Waals surface area contributed by atoms with Gasteiger partial charge in [0.2, 0.25) is 0 Å². The first-order valence-electron chi connectivity index (χ1n) is 34.3. The Hall–Kier alpha value is -2.81. The number of nitrogens with zero attached hydrogens (tertiary/aromatic N) is 1. The molecule has 0 amide bonds. The van der Waals surface area contributed by atoms with E-state index < -0.39 is 32.5 Å². The maximum absolute atomic E-state index is 12.9. The van der Waals surface area contributed by atoms with Crippen LogP contribution in [0.1, 0.15) is 309 Å². The Balaban J connectivity index is 3.99. The number of phosphoric acid groups is 1. The molecule has 0 radical (unpaired) electrons. The number of carbonyl (C=O) groups is 2. The third-order valence-corrected chi connectivity index (χ3v) is 15.9. The Labute approximate surface area is 507 Å². The highest BCUT2D eigenvalue weighted by Crippen LogP contribution is 2.38. The highest BCUT2D eigenvalue weighted by molar-refractivity contribution is 7.45. The minimum Gasteiger partial charge on any atom is -0.756 e. The molecule has 2 atom stereocenters. The first-order valence-corrected chi connectivity index (χ1v) is 35.8. The molecular formula is C72H130NO8P. The number of hydrogen-bond acceptors (Lipinski definition) is 8. The van der Waals surface area contributed by atoms with E-state index >= 15 is 0 Å². The minimum absolute atomic E-state index is 0.0341. The summed E-state index contributed by atoms with van der Waals surface area (Å²) in [6.07, 6.45) is 85.2. The molecule has 0 spiro atoms. The molecule has 0 aliphatic carbocycles. The van der Waals surface area contributed by atoms with Crippen LogP contribution in [0, 0.1) is 0 Å². The van der Waals surface area contributed by atoms with Crippen LogP contribution in [-0.2, 0) is 32.7 Å². The van der Waals surface area contributed by atoms with Crippen molar-refractivity contribution < 1.29 is 42.1 Å². The number of phosphoric ester groups is 1. The molecule has 0 saturated heterocycles. The Morgan fingerprint density at radius 3 is 1.04 bits per heavy atom. The Morgan fingerprint density at radius 1 is 0.390 bits per heavy atom. The van der Waals surface area contributed by atoms with Gasteiger partial charge in [-0.2, -0.15) is 0 Å². The fourth-order valence-electron chi connectivity index (χ4n) is 9.66. The molecule has 0 heterocycles. The average Bonchev–Trinajstić information content (AvgIpc) is 3.46. The van der Waals surface area contributed by atoms with Crippen molar-refractivity contribution >= 4 is 19.8 Å². The third kappa shape index (κ3) is 66.3. The van der Waals surface area contributed by atoms with E-state index in [9.17, 15) is 19.0 Å². The lowest BCUT2D eigenvalue weighted by atomic mass is 10.0. The summed E-state index contributed by atoms with van der Waals surface area (Å²) in [6.45, 7) is 4.13. The van der Waals surface area contributed by atoms with Gasteiger partial charge in [0.25, 0.3) is 7.82 Å². The first-order chi connectivity index (χ1) is 40.0. The van der Waals surface area contributed by atoms with E-state index in [2.05, 4.69) is 98.9 Å². The van der Waals surface area contributed by atoms with Gasteiger partial charge in [-0.1, -0.05) is 292 Å². The Morgan fingerprint density at radius 2 is 0.695 bits per heavy atom. The summed E-state index contributed by atoms with van der Waals surface area (Å²) in [7, 11) is 1.16. The summed E-state index contributed by atoms with van der Waals surface area (Å²) in [6, 6.07) is 0. The number of hydrogen-bond donors (Lipinski definition) is 0. The van der Waals surface area contributed by atoms with Gasteiger partial charge in [-0.3, -0.25) is 14.2 Å². The fourth-order valence-corrected chi connectivity index (χ4v) is 10.4. The van der Waals surface area contributed by atoms with Gasteiger partial charge >= 0.3 is 11.9 Å². The zero-order valence-electron chi connectivity index (χ0n) is 54.2. The van der Waals surface area contributed by atoms with Gasteiger partial charge in [-0.05, 0) is 89.9 Å². The van der Waals surface area contributed by atoms with Gasteiger partial charge in [0.15, 0.2) is 6.10 Å². The summed E-state index contributed by atoms with van der Waals surface area (Å²) in [4.78, 5) is 38.0. The molecule has 0 saturated carbocycles. The van der Waals surface area contributed by atoms with Crippen molar-refractivity contribution in [1.82, 2.24) is 0 Å². The van der Waals surface area contributed by atoms with Crippen LogP contribution in [0.15, 0.2) is 85.1 Å². The fraction of sp³-hybridized carbons (Fsp3) is 0.778. The molecular weight excluding hydrogens is 1040 g/mol. The summed E-state index contributed by atoms with van der Waals surface area (Å²) >= 11 is 0. The number of quaternary nitrogens is 1. The molecule has 0 aliphatic heterocycles. The van der Waals surface area contributed by atoms with Crippen molar-refractivity contribution in [2.45, 2.75) is 315 Å². The van der Waals surface area contributed by atoms with Crippen LogP contribution in [-0.4, -0.2) is 70.0 Å². The monoisotopic (exact) mass is 1170 g/mol. The topological polar surface area (TPSA) is 111 Å². The quantitative estimate of drug-likeness (QED) is 0.0195. The molecule has 476 valence electrons. The molecule has 2 unspecified atom stereocenters. The number of carbonyl (C=O) groups excluding carboxylic acids is 2. The minimum atomic E-state index is -4.65. The summed E-state index contributed by atoms with van der Waals surface area (Å²) < 4.78 is 34.3. The average molecular weight is 1170 g/mol. The summed E-state index contributed by atoms with van der Waals surface area (Å²) in [5.41, 5.74) is 0. The maximum Gasteiger partial charge on any atom is 0.306 e. The third-order valence-electron chi connectivity index (χ3n) is 14.9. The Bertz CT molecular complexity index is 1660. The smallest absolute Gasteiger partial charge is 0.306 e. The maximum atomic E-state index is 12.9. The zero-order chi connectivity index (χ0) is 59.8. The van der Waals surface area contributed by atoms with Crippen molar-refractivity contribution in [3.05, 3.63) is 85.1 Å². The van der Waals surface area contributed by atoms with E-state index in [4.69, 9.17) is 18.5 Å². The molecule has 0 aromatic heterocycles.